The van der Waals surface area contributed by atoms with Crippen molar-refractivity contribution in [1.29, 1.82) is 0 Å². The van der Waals surface area contributed by atoms with Gasteiger partial charge >= 0.3 is 0 Å². The zero-order chi connectivity index (χ0) is 22.6. The molecule has 2 aliphatic rings. The number of rotatable bonds is 7. The predicted octanol–water partition coefficient (Wildman–Crippen LogP) is 6.70. The van der Waals surface area contributed by atoms with Crippen molar-refractivity contribution in [3.63, 3.8) is 0 Å². The van der Waals surface area contributed by atoms with Crippen LogP contribution in [-0.2, 0) is 10.2 Å². The van der Waals surface area contributed by atoms with Gasteiger partial charge in [0.1, 0.15) is 12.4 Å². The Balaban J connectivity index is 1.37. The Morgan fingerprint density at radius 3 is 2.53 bits per heavy atom. The Hall–Kier alpha value is -1.75. The van der Waals surface area contributed by atoms with Crippen molar-refractivity contribution in [3.05, 3.63) is 58.1 Å². The van der Waals surface area contributed by atoms with Crippen molar-refractivity contribution < 1.29 is 9.53 Å². The molecule has 0 spiro atoms. The van der Waals surface area contributed by atoms with Crippen LogP contribution in [0.4, 0.5) is 5.69 Å². The molecule has 1 saturated heterocycles. The maximum absolute atomic E-state index is 13.4. The molecule has 172 valence electrons. The summed E-state index contributed by atoms with van der Waals surface area (Å²) in [7, 11) is 0. The molecule has 0 radical (unpaired) electrons. The molecule has 4 nitrogen and oxygen atoms in total. The Morgan fingerprint density at radius 2 is 1.84 bits per heavy atom. The summed E-state index contributed by atoms with van der Waals surface area (Å²) in [5.41, 5.74) is 1.02. The largest absolute Gasteiger partial charge is 0.492 e. The van der Waals surface area contributed by atoms with Crippen molar-refractivity contribution in [3.8, 4) is 5.75 Å². The number of amides is 1. The van der Waals surface area contributed by atoms with Gasteiger partial charge in [-0.05, 0) is 81.1 Å². The lowest BCUT2D eigenvalue weighted by Gasteiger charge is -2.33. The Morgan fingerprint density at radius 1 is 1.09 bits per heavy atom. The molecule has 0 aromatic heterocycles. The van der Waals surface area contributed by atoms with E-state index < -0.39 is 5.41 Å². The van der Waals surface area contributed by atoms with Gasteiger partial charge in [-0.3, -0.25) is 9.69 Å². The number of carbonyl (C=O) groups excluding carboxylic acids is 1. The smallest absolute Gasteiger partial charge is 0.235 e. The van der Waals surface area contributed by atoms with E-state index in [2.05, 4.69) is 17.1 Å². The highest BCUT2D eigenvalue weighted by atomic mass is 35.5. The van der Waals surface area contributed by atoms with Crippen LogP contribution in [0.3, 0.4) is 0 Å². The van der Waals surface area contributed by atoms with Crippen LogP contribution < -0.4 is 10.1 Å². The van der Waals surface area contributed by atoms with E-state index in [1.165, 1.54) is 19.3 Å². The summed E-state index contributed by atoms with van der Waals surface area (Å²) in [4.78, 5) is 15.9. The fourth-order valence-corrected chi connectivity index (χ4v) is 5.72. The predicted molar refractivity (Wildman–Crippen MR) is 132 cm³/mol. The summed E-state index contributed by atoms with van der Waals surface area (Å²) in [6.07, 6.45) is 7.48. The van der Waals surface area contributed by atoms with Crippen molar-refractivity contribution in [1.82, 2.24) is 4.90 Å². The molecule has 0 bridgehead atoms. The van der Waals surface area contributed by atoms with Crippen molar-refractivity contribution in [2.24, 2.45) is 0 Å². The Labute approximate surface area is 201 Å². The molecule has 1 amide bonds. The molecule has 2 fully saturated rings. The lowest BCUT2D eigenvalue weighted by atomic mass is 9.78. The van der Waals surface area contributed by atoms with E-state index in [0.29, 0.717) is 22.7 Å². The van der Waals surface area contributed by atoms with E-state index in [-0.39, 0.29) is 5.91 Å². The number of benzene rings is 2. The first-order chi connectivity index (χ1) is 15.5. The van der Waals surface area contributed by atoms with Crippen molar-refractivity contribution in [2.45, 2.75) is 63.3 Å². The fraction of sp³-hybridized carbons (Fsp3) is 0.500. The normalized spacial score (nSPS) is 20.8. The molecular weight excluding hydrogens is 443 g/mol. The lowest BCUT2D eigenvalue weighted by molar-refractivity contribution is -0.121. The van der Waals surface area contributed by atoms with Crippen molar-refractivity contribution >= 4 is 34.8 Å². The summed E-state index contributed by atoms with van der Waals surface area (Å²) in [5.74, 6) is 0.816. The minimum Gasteiger partial charge on any atom is -0.492 e. The van der Waals surface area contributed by atoms with Gasteiger partial charge in [0.15, 0.2) is 0 Å². The highest BCUT2D eigenvalue weighted by Gasteiger charge is 2.44. The summed E-state index contributed by atoms with van der Waals surface area (Å²) in [5, 5.41) is 4.25. The van der Waals surface area contributed by atoms with E-state index >= 15 is 0 Å². The quantitative estimate of drug-likeness (QED) is 0.485. The summed E-state index contributed by atoms with van der Waals surface area (Å²) >= 11 is 12.6. The van der Waals surface area contributed by atoms with Crippen LogP contribution in [0, 0.1) is 0 Å². The second kappa shape index (κ2) is 10.5. The molecule has 6 heteroatoms. The molecular formula is C26H32Cl2N2O2. The van der Waals surface area contributed by atoms with E-state index in [1.807, 2.05) is 36.4 Å². The van der Waals surface area contributed by atoms with Gasteiger partial charge in [-0.25, -0.2) is 0 Å². The number of nitrogens with zero attached hydrogens (tertiary/aromatic N) is 1. The van der Waals surface area contributed by atoms with Gasteiger partial charge in [-0.15, -0.1) is 0 Å². The number of anilines is 1. The highest BCUT2D eigenvalue weighted by Crippen LogP contribution is 2.45. The number of hydrogen-bond donors (Lipinski definition) is 1. The summed E-state index contributed by atoms with van der Waals surface area (Å²) in [6, 6.07) is 13.7. The van der Waals surface area contributed by atoms with E-state index in [1.54, 1.807) is 6.07 Å². The first-order valence-electron chi connectivity index (χ1n) is 11.7. The molecule has 2 aromatic rings. The van der Waals surface area contributed by atoms with Gasteiger partial charge in [0.25, 0.3) is 0 Å². The standard InChI is InChI=1S/C26H32Cl2N2O2/c1-19-6-2-5-15-30(19)16-17-32-22-10-8-21(9-11-22)29-25(31)26(13-3-4-14-26)23-12-7-20(27)18-24(23)28/h7-12,18-19H,2-6,13-17H2,1H3,(H,29,31)/t19-/m0/s1. The second-order valence-electron chi connectivity index (χ2n) is 9.12. The zero-order valence-corrected chi connectivity index (χ0v) is 20.2. The van der Waals surface area contributed by atoms with Crippen molar-refractivity contribution in [2.75, 3.05) is 25.0 Å². The molecule has 1 aliphatic carbocycles. The minimum atomic E-state index is -0.609. The highest BCUT2D eigenvalue weighted by molar-refractivity contribution is 6.35. The first-order valence-corrected chi connectivity index (χ1v) is 12.5. The molecule has 0 unspecified atom stereocenters. The molecule has 1 heterocycles. The number of piperidine rings is 1. The van der Waals surface area contributed by atoms with E-state index in [0.717, 1.165) is 55.8 Å². The number of hydrogen-bond acceptors (Lipinski definition) is 3. The van der Waals surface area contributed by atoms with Crippen LogP contribution in [0.5, 0.6) is 5.75 Å². The number of nitrogens with one attached hydrogen (secondary N) is 1. The number of ether oxygens (including phenoxy) is 1. The van der Waals surface area contributed by atoms with Gasteiger partial charge in [-0.2, -0.15) is 0 Å². The zero-order valence-electron chi connectivity index (χ0n) is 18.7. The molecule has 32 heavy (non-hydrogen) atoms. The fourth-order valence-electron chi connectivity index (χ4n) is 5.13. The molecule has 1 aliphatic heterocycles. The van der Waals surface area contributed by atoms with E-state index in [9.17, 15) is 4.79 Å². The first kappa shape index (κ1) is 23.4. The van der Waals surface area contributed by atoms with Crippen LogP contribution in [0.2, 0.25) is 10.0 Å². The summed E-state index contributed by atoms with van der Waals surface area (Å²) < 4.78 is 5.95. The molecule has 1 N–H and O–H groups in total. The third-order valence-electron chi connectivity index (χ3n) is 7.04. The van der Waals surface area contributed by atoms with Gasteiger partial charge in [0.05, 0.1) is 5.41 Å². The van der Waals surface area contributed by atoms with Gasteiger partial charge in [0.2, 0.25) is 5.91 Å². The molecule has 4 rings (SSSR count). The molecule has 1 atom stereocenters. The van der Waals surface area contributed by atoms with Crippen LogP contribution >= 0.6 is 23.2 Å². The maximum atomic E-state index is 13.4. The average Bonchev–Trinajstić information content (AvgIpc) is 3.27. The SMILES string of the molecule is C[C@H]1CCCCN1CCOc1ccc(NC(=O)C2(c3ccc(Cl)cc3Cl)CCCC2)cc1. The molecule has 1 saturated carbocycles. The van der Waals surface area contributed by atoms with Gasteiger partial charge in [0, 0.05) is 28.3 Å². The number of halogens is 2. The second-order valence-corrected chi connectivity index (χ2v) is 9.96. The maximum Gasteiger partial charge on any atom is 0.235 e. The lowest BCUT2D eigenvalue weighted by Crippen LogP contribution is -2.39. The topological polar surface area (TPSA) is 41.6 Å². The third-order valence-corrected chi connectivity index (χ3v) is 7.59. The van der Waals surface area contributed by atoms with Gasteiger partial charge < -0.3 is 10.1 Å². The van der Waals surface area contributed by atoms with E-state index in [4.69, 9.17) is 27.9 Å². The van der Waals surface area contributed by atoms with Crippen LogP contribution in [0.1, 0.15) is 57.4 Å². The minimum absolute atomic E-state index is 0.00743. The van der Waals surface area contributed by atoms with Crippen LogP contribution in [-0.4, -0.2) is 36.5 Å². The average molecular weight is 475 g/mol. The Bertz CT molecular complexity index is 926. The van der Waals surface area contributed by atoms with Crippen LogP contribution in [0.15, 0.2) is 42.5 Å². The van der Waals surface area contributed by atoms with Crippen LogP contribution in [0.25, 0.3) is 0 Å². The monoisotopic (exact) mass is 474 g/mol. The summed E-state index contributed by atoms with van der Waals surface area (Å²) in [6.45, 7) is 5.08. The number of carbonyl (C=O) groups is 1. The number of likely N-dealkylation sites (tertiary alicyclic amines) is 1. The Kier molecular flexibility index (Phi) is 7.65. The molecule has 2 aromatic carbocycles. The third kappa shape index (κ3) is 5.24. The van der Waals surface area contributed by atoms with Gasteiger partial charge in [-0.1, -0.05) is 48.5 Å².